The van der Waals surface area contributed by atoms with Crippen LogP contribution in [0.3, 0.4) is 0 Å². The van der Waals surface area contributed by atoms with Gasteiger partial charge in [0.25, 0.3) is 0 Å². The number of hydrogen-bond donors (Lipinski definition) is 1. The lowest BCUT2D eigenvalue weighted by molar-refractivity contribution is -0.145. The van der Waals surface area contributed by atoms with Crippen molar-refractivity contribution < 1.29 is 32.9 Å². The maximum absolute atomic E-state index is 14.3. The lowest BCUT2D eigenvalue weighted by Gasteiger charge is -2.23. The lowest BCUT2D eigenvalue weighted by atomic mass is 10.0. The molecule has 8 heteroatoms. The Kier molecular flexibility index (Phi) is 7.67. The second kappa shape index (κ2) is 9.26. The number of nitrogens with one attached hydrogen (secondary N) is 1. The van der Waals surface area contributed by atoms with Crippen LogP contribution in [0.5, 0.6) is 11.5 Å². The third-order valence-corrected chi connectivity index (χ3v) is 3.24. The van der Waals surface area contributed by atoms with Crippen LogP contribution in [0.4, 0.5) is 9.18 Å². The quantitative estimate of drug-likeness (QED) is 0.742. The number of carbonyl (C=O) groups excluding carboxylic acids is 2. The Morgan fingerprint density at radius 3 is 2.23 bits per heavy atom. The van der Waals surface area contributed by atoms with Crippen LogP contribution in [0.1, 0.15) is 33.3 Å². The van der Waals surface area contributed by atoms with Gasteiger partial charge < -0.3 is 24.3 Å². The van der Waals surface area contributed by atoms with Crippen molar-refractivity contribution in [3.63, 3.8) is 0 Å². The molecule has 1 amide bonds. The van der Waals surface area contributed by atoms with Crippen molar-refractivity contribution in [3.8, 4) is 11.5 Å². The summed E-state index contributed by atoms with van der Waals surface area (Å²) in [7, 11) is 2.81. The Morgan fingerprint density at radius 1 is 1.15 bits per heavy atom. The molecule has 7 nitrogen and oxygen atoms in total. The molecule has 0 saturated carbocycles. The summed E-state index contributed by atoms with van der Waals surface area (Å²) in [5.74, 6) is -0.749. The standard InChI is InChI=1S/C18H26FNO6/c1-7-25-16(21)13(20-17(22)26-18(2,3)4)8-11-9-14(23-5)15(24-6)10-12(11)19/h9-10,13H,7-8H2,1-6H3,(H,20,22). The first-order valence-corrected chi connectivity index (χ1v) is 8.17. The van der Waals surface area contributed by atoms with Crippen LogP contribution in [-0.4, -0.2) is 44.5 Å². The molecule has 0 aromatic heterocycles. The molecular formula is C18H26FNO6. The van der Waals surface area contributed by atoms with Crippen molar-refractivity contribution in [3.05, 3.63) is 23.5 Å². The number of rotatable bonds is 7. The smallest absolute Gasteiger partial charge is 0.408 e. The zero-order chi connectivity index (χ0) is 19.9. The molecule has 0 aliphatic carbocycles. The summed E-state index contributed by atoms with van der Waals surface area (Å²) in [5, 5.41) is 2.43. The van der Waals surface area contributed by atoms with Gasteiger partial charge in [-0.3, -0.25) is 0 Å². The topological polar surface area (TPSA) is 83.1 Å². The van der Waals surface area contributed by atoms with E-state index < -0.39 is 29.5 Å². The number of hydrogen-bond acceptors (Lipinski definition) is 6. The average Bonchev–Trinajstić information content (AvgIpc) is 2.53. The largest absolute Gasteiger partial charge is 0.493 e. The highest BCUT2D eigenvalue weighted by atomic mass is 19.1. The molecule has 1 aromatic carbocycles. The van der Waals surface area contributed by atoms with Gasteiger partial charge in [0.2, 0.25) is 0 Å². The van der Waals surface area contributed by atoms with Crippen LogP contribution in [0.25, 0.3) is 0 Å². The van der Waals surface area contributed by atoms with Gasteiger partial charge in [0.1, 0.15) is 17.5 Å². The molecule has 1 atom stereocenters. The molecule has 0 radical (unpaired) electrons. The molecule has 0 saturated heterocycles. The molecule has 0 bridgehead atoms. The van der Waals surface area contributed by atoms with E-state index in [9.17, 15) is 14.0 Å². The SMILES string of the molecule is CCOC(=O)C(Cc1cc(OC)c(OC)cc1F)NC(=O)OC(C)(C)C. The van der Waals surface area contributed by atoms with Crippen molar-refractivity contribution in [1.82, 2.24) is 5.32 Å². The number of methoxy groups -OCH3 is 2. The number of halogens is 1. The van der Waals surface area contributed by atoms with E-state index in [-0.39, 0.29) is 24.3 Å². The zero-order valence-corrected chi connectivity index (χ0v) is 16.0. The minimum atomic E-state index is -1.11. The zero-order valence-electron chi connectivity index (χ0n) is 16.0. The molecule has 146 valence electrons. The van der Waals surface area contributed by atoms with Crippen molar-refractivity contribution in [2.45, 2.75) is 45.8 Å². The fraction of sp³-hybridized carbons (Fsp3) is 0.556. The van der Waals surface area contributed by atoms with Crippen molar-refractivity contribution in [2.75, 3.05) is 20.8 Å². The molecule has 1 rings (SSSR count). The lowest BCUT2D eigenvalue weighted by Crippen LogP contribution is -2.45. The first kappa shape index (κ1) is 21.5. The first-order chi connectivity index (χ1) is 12.1. The summed E-state index contributed by atoms with van der Waals surface area (Å²) in [6.07, 6.45) is -0.930. The maximum Gasteiger partial charge on any atom is 0.408 e. The van der Waals surface area contributed by atoms with E-state index in [2.05, 4.69) is 5.32 Å². The highest BCUT2D eigenvalue weighted by molar-refractivity contribution is 5.81. The van der Waals surface area contributed by atoms with E-state index in [1.54, 1.807) is 27.7 Å². The summed E-state index contributed by atoms with van der Waals surface area (Å²) < 4.78 is 34.6. The summed E-state index contributed by atoms with van der Waals surface area (Å²) in [6.45, 7) is 6.85. The third-order valence-electron chi connectivity index (χ3n) is 3.24. The predicted molar refractivity (Wildman–Crippen MR) is 93.0 cm³/mol. The second-order valence-electron chi connectivity index (χ2n) is 6.45. The fourth-order valence-corrected chi connectivity index (χ4v) is 2.16. The van der Waals surface area contributed by atoms with Gasteiger partial charge >= 0.3 is 12.1 Å². The molecule has 0 aliphatic heterocycles. The van der Waals surface area contributed by atoms with Gasteiger partial charge in [-0.1, -0.05) is 0 Å². The molecule has 0 spiro atoms. The Balaban J connectivity index is 3.06. The Labute approximate surface area is 152 Å². The van der Waals surface area contributed by atoms with Gasteiger partial charge in [0.15, 0.2) is 11.5 Å². The van der Waals surface area contributed by atoms with Crippen LogP contribution >= 0.6 is 0 Å². The number of esters is 1. The molecule has 0 fully saturated rings. The van der Waals surface area contributed by atoms with Gasteiger partial charge in [0.05, 0.1) is 20.8 Å². The number of ether oxygens (including phenoxy) is 4. The van der Waals surface area contributed by atoms with Crippen LogP contribution in [0.15, 0.2) is 12.1 Å². The van der Waals surface area contributed by atoms with E-state index in [1.165, 1.54) is 20.3 Å². The highest BCUT2D eigenvalue weighted by Gasteiger charge is 2.27. The molecule has 1 aromatic rings. The first-order valence-electron chi connectivity index (χ1n) is 8.17. The summed E-state index contributed by atoms with van der Waals surface area (Å²) in [4.78, 5) is 24.2. The fourth-order valence-electron chi connectivity index (χ4n) is 2.16. The molecule has 1 N–H and O–H groups in total. The highest BCUT2D eigenvalue weighted by Crippen LogP contribution is 2.30. The van der Waals surface area contributed by atoms with E-state index in [0.717, 1.165) is 6.07 Å². The van der Waals surface area contributed by atoms with Gasteiger partial charge in [-0.25, -0.2) is 14.0 Å². The van der Waals surface area contributed by atoms with Crippen molar-refractivity contribution in [2.24, 2.45) is 0 Å². The number of alkyl carbamates (subject to hydrolysis) is 1. The summed E-state index contributed by atoms with van der Waals surface area (Å²) >= 11 is 0. The van der Waals surface area contributed by atoms with Gasteiger partial charge in [-0.15, -0.1) is 0 Å². The molecule has 0 aliphatic rings. The number of amides is 1. The van der Waals surface area contributed by atoms with Crippen LogP contribution in [0.2, 0.25) is 0 Å². The summed E-state index contributed by atoms with van der Waals surface area (Å²) in [6, 6.07) is 1.46. The van der Waals surface area contributed by atoms with Gasteiger partial charge in [0, 0.05) is 12.5 Å². The van der Waals surface area contributed by atoms with Crippen LogP contribution < -0.4 is 14.8 Å². The van der Waals surface area contributed by atoms with Gasteiger partial charge in [-0.2, -0.15) is 0 Å². The molecule has 1 unspecified atom stereocenters. The van der Waals surface area contributed by atoms with E-state index >= 15 is 0 Å². The third kappa shape index (κ3) is 6.42. The van der Waals surface area contributed by atoms with E-state index in [1.807, 2.05) is 0 Å². The normalized spacial score (nSPS) is 12.1. The van der Waals surface area contributed by atoms with Crippen molar-refractivity contribution >= 4 is 12.1 Å². The van der Waals surface area contributed by atoms with Crippen LogP contribution in [-0.2, 0) is 20.7 Å². The maximum atomic E-state index is 14.3. The average molecular weight is 371 g/mol. The second-order valence-corrected chi connectivity index (χ2v) is 6.45. The monoisotopic (exact) mass is 371 g/mol. The minimum absolute atomic E-state index is 0.125. The predicted octanol–water partition coefficient (Wildman–Crippen LogP) is 2.84. The molecule has 26 heavy (non-hydrogen) atoms. The number of carbonyl (C=O) groups is 2. The Morgan fingerprint density at radius 2 is 1.73 bits per heavy atom. The Bertz CT molecular complexity index is 641. The molecule has 0 heterocycles. The van der Waals surface area contributed by atoms with E-state index in [0.29, 0.717) is 5.75 Å². The van der Waals surface area contributed by atoms with Crippen molar-refractivity contribution in [1.29, 1.82) is 0 Å². The van der Waals surface area contributed by atoms with Gasteiger partial charge in [-0.05, 0) is 39.3 Å². The summed E-state index contributed by atoms with van der Waals surface area (Å²) in [5.41, 5.74) is -0.575. The van der Waals surface area contributed by atoms with E-state index in [4.69, 9.17) is 18.9 Å². The molecular weight excluding hydrogens is 345 g/mol. The van der Waals surface area contributed by atoms with Crippen LogP contribution in [0, 0.1) is 5.82 Å². The minimum Gasteiger partial charge on any atom is -0.493 e. The number of benzene rings is 1. The Hall–Kier alpha value is -2.51.